The molecule has 4 rings (SSSR count). The van der Waals surface area contributed by atoms with E-state index < -0.39 is 34.1 Å². The Morgan fingerprint density at radius 3 is 2.25 bits per heavy atom. The molecule has 1 saturated heterocycles. The molecule has 0 saturated carbocycles. The van der Waals surface area contributed by atoms with Crippen molar-refractivity contribution in [2.24, 2.45) is 17.0 Å². The van der Waals surface area contributed by atoms with Crippen molar-refractivity contribution >= 4 is 28.2 Å². The lowest BCUT2D eigenvalue weighted by Gasteiger charge is -2.35. The molecule has 0 aliphatic carbocycles. The van der Waals surface area contributed by atoms with Crippen molar-refractivity contribution in [3.8, 4) is 0 Å². The van der Waals surface area contributed by atoms with E-state index in [1.54, 1.807) is 9.80 Å². The summed E-state index contributed by atoms with van der Waals surface area (Å²) >= 11 is 0. The van der Waals surface area contributed by atoms with E-state index in [-0.39, 0.29) is 48.9 Å². The number of urea groups is 1. The molecule has 1 fully saturated rings. The number of carbonyl (C=O) groups is 2. The third kappa shape index (κ3) is 10.4. The highest BCUT2D eigenvalue weighted by Crippen LogP contribution is 2.24. The van der Waals surface area contributed by atoms with Gasteiger partial charge in [0.15, 0.2) is 0 Å². The number of nitrogens with one attached hydrogen (secondary N) is 1. The molecule has 3 aromatic carbocycles. The monoisotopic (exact) mass is 721 g/mol. The van der Waals surface area contributed by atoms with Crippen LogP contribution in [0.1, 0.15) is 56.4 Å². The Balaban J connectivity index is 1.59. The highest BCUT2D eigenvalue weighted by Gasteiger charge is 2.41. The van der Waals surface area contributed by atoms with Gasteiger partial charge < -0.3 is 30.5 Å². The smallest absolute Gasteiger partial charge is 0.321 e. The van der Waals surface area contributed by atoms with Crippen molar-refractivity contribution in [2.45, 2.75) is 76.8 Å². The number of oxime groups is 1. The van der Waals surface area contributed by atoms with E-state index >= 15 is 0 Å². The molecular formula is C38H51N5O7S. The largest absolute Gasteiger partial charge is 0.411 e. The van der Waals surface area contributed by atoms with Crippen LogP contribution in [-0.2, 0) is 34.4 Å². The maximum absolute atomic E-state index is 14.3. The Labute approximate surface area is 301 Å². The van der Waals surface area contributed by atoms with Gasteiger partial charge in [0.1, 0.15) is 6.04 Å². The first-order chi connectivity index (χ1) is 24.4. The SMILES string of the molecule is CC[C@H](C)[C@@H](C(=O)N[C@@H](Cc1ccccc1)[C@@H](O)CN(CC(C)C)S(=O)(=O)c1ccc(C=NO)cc1)N1CCN(Cc2cccc(CO)c2)C1=O. The van der Waals surface area contributed by atoms with Crippen molar-refractivity contribution in [1.82, 2.24) is 19.4 Å². The average Bonchev–Trinajstić information content (AvgIpc) is 3.46. The molecular weight excluding hydrogens is 671 g/mol. The summed E-state index contributed by atoms with van der Waals surface area (Å²) in [6, 6.07) is 20.7. The van der Waals surface area contributed by atoms with Crippen LogP contribution in [0.5, 0.6) is 0 Å². The zero-order valence-corrected chi connectivity index (χ0v) is 30.6. The van der Waals surface area contributed by atoms with Gasteiger partial charge in [-0.1, -0.05) is 106 Å². The van der Waals surface area contributed by atoms with Crippen LogP contribution in [0.3, 0.4) is 0 Å². The van der Waals surface area contributed by atoms with Gasteiger partial charge in [0.05, 0.1) is 29.9 Å². The second-order valence-electron chi connectivity index (χ2n) is 13.6. The molecule has 0 spiro atoms. The summed E-state index contributed by atoms with van der Waals surface area (Å²) < 4.78 is 29.0. The molecule has 4 N–H and O–H groups in total. The molecule has 0 unspecified atom stereocenters. The molecule has 0 radical (unpaired) electrons. The Morgan fingerprint density at radius 1 is 0.961 bits per heavy atom. The maximum atomic E-state index is 14.3. The fourth-order valence-corrected chi connectivity index (χ4v) is 7.98. The van der Waals surface area contributed by atoms with Crippen LogP contribution in [0.2, 0.25) is 0 Å². The number of aliphatic hydroxyl groups is 2. The van der Waals surface area contributed by atoms with Crippen molar-refractivity contribution < 1.29 is 33.4 Å². The van der Waals surface area contributed by atoms with Crippen molar-refractivity contribution in [1.29, 1.82) is 0 Å². The van der Waals surface area contributed by atoms with Crippen molar-refractivity contribution in [3.05, 3.63) is 101 Å². The van der Waals surface area contributed by atoms with E-state index in [9.17, 15) is 28.2 Å². The third-order valence-corrected chi connectivity index (χ3v) is 11.1. The predicted octanol–water partition coefficient (Wildman–Crippen LogP) is 4.07. The number of aliphatic hydroxyl groups excluding tert-OH is 2. The lowest BCUT2D eigenvalue weighted by molar-refractivity contribution is -0.128. The quantitative estimate of drug-likeness (QED) is 0.0874. The summed E-state index contributed by atoms with van der Waals surface area (Å²) in [5, 5.41) is 36.2. The van der Waals surface area contributed by atoms with Crippen LogP contribution >= 0.6 is 0 Å². The van der Waals surface area contributed by atoms with Gasteiger partial charge in [-0.2, -0.15) is 4.31 Å². The topological polar surface area (TPSA) is 163 Å². The van der Waals surface area contributed by atoms with Crippen molar-refractivity contribution in [3.63, 3.8) is 0 Å². The lowest BCUT2D eigenvalue weighted by atomic mass is 9.95. The van der Waals surface area contributed by atoms with Gasteiger partial charge in [-0.05, 0) is 52.6 Å². The summed E-state index contributed by atoms with van der Waals surface area (Å²) in [7, 11) is -4.07. The Morgan fingerprint density at radius 2 is 1.63 bits per heavy atom. The number of carbonyl (C=O) groups excluding carboxylic acids is 2. The Hall–Kier alpha value is -4.30. The summed E-state index contributed by atoms with van der Waals surface area (Å²) in [4.78, 5) is 31.3. The third-order valence-electron chi connectivity index (χ3n) is 9.24. The van der Waals surface area contributed by atoms with Gasteiger partial charge in [0.25, 0.3) is 0 Å². The predicted molar refractivity (Wildman–Crippen MR) is 196 cm³/mol. The number of benzene rings is 3. The summed E-state index contributed by atoms with van der Waals surface area (Å²) in [6.07, 6.45) is 0.744. The molecule has 0 bridgehead atoms. The molecule has 13 heteroatoms. The number of rotatable bonds is 18. The molecule has 4 atom stereocenters. The number of amides is 3. The van der Waals surface area contributed by atoms with Gasteiger partial charge in [0.2, 0.25) is 15.9 Å². The summed E-state index contributed by atoms with van der Waals surface area (Å²) in [5.41, 5.74) is 2.99. The molecule has 1 heterocycles. The van der Waals surface area contributed by atoms with Gasteiger partial charge in [-0.25, -0.2) is 13.2 Å². The molecule has 51 heavy (non-hydrogen) atoms. The normalized spacial score (nSPS) is 16.2. The molecule has 1 aliphatic rings. The van der Waals surface area contributed by atoms with Gasteiger partial charge in [0, 0.05) is 32.7 Å². The second-order valence-corrected chi connectivity index (χ2v) is 15.5. The number of hydrogen-bond donors (Lipinski definition) is 4. The minimum absolute atomic E-state index is 0.0195. The van der Waals surface area contributed by atoms with Gasteiger partial charge in [-0.15, -0.1) is 0 Å². The summed E-state index contributed by atoms with van der Waals surface area (Å²) in [6.45, 7) is 8.49. The first-order valence-corrected chi connectivity index (χ1v) is 18.9. The van der Waals surface area contributed by atoms with E-state index in [1.165, 1.54) is 34.8 Å². The molecule has 12 nitrogen and oxygen atoms in total. The number of nitrogens with zero attached hydrogens (tertiary/aromatic N) is 4. The van der Waals surface area contributed by atoms with E-state index in [1.807, 2.05) is 82.3 Å². The molecule has 1 aliphatic heterocycles. The first kappa shape index (κ1) is 39.5. The van der Waals surface area contributed by atoms with Crippen molar-refractivity contribution in [2.75, 3.05) is 26.2 Å². The maximum Gasteiger partial charge on any atom is 0.321 e. The van der Waals surface area contributed by atoms with E-state index in [0.29, 0.717) is 31.6 Å². The average molecular weight is 722 g/mol. The fourth-order valence-electron chi connectivity index (χ4n) is 6.36. The van der Waals surface area contributed by atoms with Crippen LogP contribution in [0, 0.1) is 11.8 Å². The number of hydrogen-bond acceptors (Lipinski definition) is 8. The Kier molecular flexibility index (Phi) is 14.1. The Bertz CT molecular complexity index is 1720. The van der Waals surface area contributed by atoms with Crippen LogP contribution in [0.15, 0.2) is 88.9 Å². The minimum atomic E-state index is -4.07. The lowest BCUT2D eigenvalue weighted by Crippen LogP contribution is -2.57. The highest BCUT2D eigenvalue weighted by atomic mass is 32.2. The van der Waals surface area contributed by atoms with Gasteiger partial charge in [-0.3, -0.25) is 4.79 Å². The zero-order valence-electron chi connectivity index (χ0n) is 29.8. The number of sulfonamides is 1. The standard InChI is InChI=1S/C38H51N5O7S/c1-5-28(4)36(43-19-18-41(38(43)47)24-31-12-9-13-32(20-31)26-44)37(46)40-34(21-29-10-7-6-8-11-29)35(45)25-42(23-27(2)3)51(49,50)33-16-14-30(15-17-33)22-39-48/h6-17,20,22,27-28,34-36,44-45,48H,5,18-19,21,23-26H2,1-4H3,(H,40,46)/t28-,34-,35-,36-/m0/s1. The minimum Gasteiger partial charge on any atom is -0.411 e. The van der Waals surface area contributed by atoms with Gasteiger partial charge >= 0.3 is 6.03 Å². The van der Waals surface area contributed by atoms with Crippen LogP contribution < -0.4 is 5.32 Å². The van der Waals surface area contributed by atoms with Crippen LogP contribution in [0.25, 0.3) is 0 Å². The van der Waals surface area contributed by atoms with Crippen LogP contribution in [0.4, 0.5) is 4.79 Å². The first-order valence-electron chi connectivity index (χ1n) is 17.4. The second kappa shape index (κ2) is 18.3. The summed E-state index contributed by atoms with van der Waals surface area (Å²) in [5.74, 6) is -0.695. The molecule has 276 valence electrons. The molecule has 0 aromatic heterocycles. The van der Waals surface area contributed by atoms with E-state index in [0.717, 1.165) is 16.7 Å². The zero-order chi connectivity index (χ0) is 37.1. The highest BCUT2D eigenvalue weighted by molar-refractivity contribution is 7.89. The fraction of sp³-hybridized carbons (Fsp3) is 0.447. The van der Waals surface area contributed by atoms with E-state index in [4.69, 9.17) is 5.21 Å². The van der Waals surface area contributed by atoms with Crippen LogP contribution in [-0.4, -0.2) is 100 Å². The molecule has 3 aromatic rings. The van der Waals surface area contributed by atoms with E-state index in [2.05, 4.69) is 10.5 Å². The molecule has 3 amide bonds.